The molecule has 1 unspecified atom stereocenters. The monoisotopic (exact) mass is 255 g/mol. The van der Waals surface area contributed by atoms with Gasteiger partial charge in [0, 0.05) is 38.2 Å². The van der Waals surface area contributed by atoms with Crippen LogP contribution in [0.3, 0.4) is 0 Å². The van der Waals surface area contributed by atoms with E-state index in [-0.39, 0.29) is 11.6 Å². The molecule has 1 aromatic carbocycles. The van der Waals surface area contributed by atoms with E-state index in [0.29, 0.717) is 18.2 Å². The fraction of sp³-hybridized carbons (Fsp3) is 0.538. The Morgan fingerprint density at radius 1 is 1.35 bits per heavy atom. The molecule has 1 atom stereocenters. The molecule has 0 spiro atoms. The Hall–Kier alpha value is -0.610. The SMILES string of the molecule is COC1(C(N)c2ccccc2Cl)CCOCC1. The second-order valence-corrected chi connectivity index (χ2v) is 4.79. The summed E-state index contributed by atoms with van der Waals surface area (Å²) in [5.41, 5.74) is 6.94. The minimum atomic E-state index is -0.358. The van der Waals surface area contributed by atoms with Gasteiger partial charge >= 0.3 is 0 Å². The maximum absolute atomic E-state index is 6.35. The molecule has 1 heterocycles. The normalized spacial score (nSPS) is 21.1. The molecule has 0 radical (unpaired) electrons. The van der Waals surface area contributed by atoms with Gasteiger partial charge in [-0.05, 0) is 11.6 Å². The molecule has 4 heteroatoms. The van der Waals surface area contributed by atoms with E-state index in [9.17, 15) is 0 Å². The van der Waals surface area contributed by atoms with E-state index in [2.05, 4.69) is 0 Å². The van der Waals surface area contributed by atoms with Crippen molar-refractivity contribution in [1.29, 1.82) is 0 Å². The van der Waals surface area contributed by atoms with Crippen LogP contribution in [0.5, 0.6) is 0 Å². The van der Waals surface area contributed by atoms with Crippen LogP contribution in [-0.2, 0) is 9.47 Å². The van der Waals surface area contributed by atoms with Gasteiger partial charge in [0.2, 0.25) is 0 Å². The molecule has 17 heavy (non-hydrogen) atoms. The first-order chi connectivity index (χ1) is 8.19. The van der Waals surface area contributed by atoms with Gasteiger partial charge in [0.05, 0.1) is 11.6 Å². The molecule has 3 nitrogen and oxygen atoms in total. The zero-order chi connectivity index (χ0) is 12.3. The topological polar surface area (TPSA) is 44.5 Å². The summed E-state index contributed by atoms with van der Waals surface area (Å²) in [6.07, 6.45) is 1.60. The molecule has 2 N–H and O–H groups in total. The molecule has 2 rings (SSSR count). The number of ether oxygens (including phenoxy) is 2. The van der Waals surface area contributed by atoms with E-state index in [1.54, 1.807) is 7.11 Å². The minimum absolute atomic E-state index is 0.218. The molecule has 0 saturated carbocycles. The highest BCUT2D eigenvalue weighted by atomic mass is 35.5. The second kappa shape index (κ2) is 5.36. The summed E-state index contributed by atoms with van der Waals surface area (Å²) >= 11 is 6.19. The van der Waals surface area contributed by atoms with Crippen molar-refractivity contribution in [3.63, 3.8) is 0 Å². The van der Waals surface area contributed by atoms with Gasteiger partial charge in [0.25, 0.3) is 0 Å². The van der Waals surface area contributed by atoms with Crippen molar-refractivity contribution in [2.24, 2.45) is 5.73 Å². The van der Waals surface area contributed by atoms with Gasteiger partial charge in [0.15, 0.2) is 0 Å². The molecular weight excluding hydrogens is 238 g/mol. The molecular formula is C13H18ClNO2. The summed E-state index contributed by atoms with van der Waals surface area (Å²) in [7, 11) is 1.71. The Balaban J connectivity index is 2.28. The van der Waals surface area contributed by atoms with Gasteiger partial charge in [-0.15, -0.1) is 0 Å². The van der Waals surface area contributed by atoms with Crippen molar-refractivity contribution in [2.75, 3.05) is 20.3 Å². The number of halogens is 1. The van der Waals surface area contributed by atoms with Gasteiger partial charge in [-0.2, -0.15) is 0 Å². The maximum atomic E-state index is 6.35. The molecule has 1 aliphatic heterocycles. The van der Waals surface area contributed by atoms with Crippen LogP contribution in [0, 0.1) is 0 Å². The van der Waals surface area contributed by atoms with Crippen molar-refractivity contribution < 1.29 is 9.47 Å². The quantitative estimate of drug-likeness (QED) is 0.903. The summed E-state index contributed by atoms with van der Waals surface area (Å²) in [5.74, 6) is 0. The van der Waals surface area contributed by atoms with Crippen LogP contribution >= 0.6 is 11.6 Å². The van der Waals surface area contributed by atoms with E-state index in [1.165, 1.54) is 0 Å². The van der Waals surface area contributed by atoms with Crippen molar-refractivity contribution in [3.8, 4) is 0 Å². The zero-order valence-electron chi connectivity index (χ0n) is 9.99. The van der Waals surface area contributed by atoms with Gasteiger partial charge < -0.3 is 15.2 Å². The fourth-order valence-corrected chi connectivity index (χ4v) is 2.62. The average molecular weight is 256 g/mol. The predicted octanol–water partition coefficient (Wildman–Crippen LogP) is 2.54. The molecule has 1 aliphatic rings. The molecule has 1 fully saturated rings. The van der Waals surface area contributed by atoms with Crippen LogP contribution in [0.25, 0.3) is 0 Å². The van der Waals surface area contributed by atoms with Gasteiger partial charge in [-0.25, -0.2) is 0 Å². The number of rotatable bonds is 3. The van der Waals surface area contributed by atoms with E-state index in [1.807, 2.05) is 24.3 Å². The van der Waals surface area contributed by atoms with E-state index < -0.39 is 0 Å². The van der Waals surface area contributed by atoms with Crippen LogP contribution in [0.2, 0.25) is 5.02 Å². The average Bonchev–Trinajstić information content (AvgIpc) is 2.39. The number of nitrogens with two attached hydrogens (primary N) is 1. The van der Waals surface area contributed by atoms with Crippen molar-refractivity contribution in [1.82, 2.24) is 0 Å². The first kappa shape index (κ1) is 12.8. The van der Waals surface area contributed by atoms with E-state index in [0.717, 1.165) is 18.4 Å². The third-order valence-corrected chi connectivity index (χ3v) is 3.90. The standard InChI is InChI=1S/C13H18ClNO2/c1-16-13(6-8-17-9-7-13)12(15)10-4-2-3-5-11(10)14/h2-5,12H,6-9,15H2,1H3. The lowest BCUT2D eigenvalue weighted by Crippen LogP contribution is -2.47. The molecule has 0 aliphatic carbocycles. The van der Waals surface area contributed by atoms with E-state index in [4.69, 9.17) is 26.8 Å². The summed E-state index contributed by atoms with van der Waals surface area (Å²) in [4.78, 5) is 0. The predicted molar refractivity (Wildman–Crippen MR) is 68.2 cm³/mol. The highest BCUT2D eigenvalue weighted by Gasteiger charge is 2.40. The van der Waals surface area contributed by atoms with Crippen molar-refractivity contribution >= 4 is 11.6 Å². The highest BCUT2D eigenvalue weighted by molar-refractivity contribution is 6.31. The van der Waals surface area contributed by atoms with Crippen LogP contribution in [0.4, 0.5) is 0 Å². The lowest BCUT2D eigenvalue weighted by molar-refractivity contribution is -0.105. The van der Waals surface area contributed by atoms with Crippen LogP contribution in [0.15, 0.2) is 24.3 Å². The van der Waals surface area contributed by atoms with Gasteiger partial charge in [0.1, 0.15) is 0 Å². The van der Waals surface area contributed by atoms with E-state index >= 15 is 0 Å². The first-order valence-corrected chi connectivity index (χ1v) is 6.20. The molecule has 0 aromatic heterocycles. The Morgan fingerprint density at radius 2 is 2.00 bits per heavy atom. The molecule has 1 aromatic rings. The fourth-order valence-electron chi connectivity index (χ4n) is 2.37. The first-order valence-electron chi connectivity index (χ1n) is 5.82. The second-order valence-electron chi connectivity index (χ2n) is 4.38. The van der Waals surface area contributed by atoms with Crippen LogP contribution < -0.4 is 5.73 Å². The lowest BCUT2D eigenvalue weighted by atomic mass is 9.82. The molecule has 0 amide bonds. The number of benzene rings is 1. The maximum Gasteiger partial charge on any atom is 0.0914 e. The number of hydrogen-bond donors (Lipinski definition) is 1. The summed E-state index contributed by atoms with van der Waals surface area (Å²) in [6, 6.07) is 7.46. The van der Waals surface area contributed by atoms with Crippen LogP contribution in [0.1, 0.15) is 24.4 Å². The Morgan fingerprint density at radius 3 is 2.59 bits per heavy atom. The summed E-state index contributed by atoms with van der Waals surface area (Å²) in [6.45, 7) is 1.37. The highest BCUT2D eigenvalue weighted by Crippen LogP contribution is 2.37. The minimum Gasteiger partial charge on any atom is -0.381 e. The van der Waals surface area contributed by atoms with Crippen LogP contribution in [-0.4, -0.2) is 25.9 Å². The molecule has 94 valence electrons. The Labute approximate surface area is 107 Å². The van der Waals surface area contributed by atoms with Gasteiger partial charge in [-0.1, -0.05) is 29.8 Å². The lowest BCUT2D eigenvalue weighted by Gasteiger charge is -2.41. The summed E-state index contributed by atoms with van der Waals surface area (Å²) in [5, 5.41) is 0.697. The summed E-state index contributed by atoms with van der Waals surface area (Å²) < 4.78 is 11.1. The third kappa shape index (κ3) is 2.47. The third-order valence-electron chi connectivity index (χ3n) is 3.55. The van der Waals surface area contributed by atoms with Gasteiger partial charge in [-0.3, -0.25) is 0 Å². The smallest absolute Gasteiger partial charge is 0.0914 e. The number of hydrogen-bond acceptors (Lipinski definition) is 3. The molecule has 1 saturated heterocycles. The molecule has 0 bridgehead atoms. The van der Waals surface area contributed by atoms with Crippen molar-refractivity contribution in [2.45, 2.75) is 24.5 Å². The Bertz CT molecular complexity index is 377. The number of methoxy groups -OCH3 is 1. The Kier molecular flexibility index (Phi) is 4.05. The van der Waals surface area contributed by atoms with Crippen molar-refractivity contribution in [3.05, 3.63) is 34.9 Å². The largest absolute Gasteiger partial charge is 0.381 e. The zero-order valence-corrected chi connectivity index (χ0v) is 10.7.